The summed E-state index contributed by atoms with van der Waals surface area (Å²) in [7, 11) is 1.72. The van der Waals surface area contributed by atoms with Crippen LogP contribution in [0, 0.1) is 23.7 Å². The fourth-order valence-corrected chi connectivity index (χ4v) is 3.69. The number of rotatable bonds is 6. The first-order valence-corrected chi connectivity index (χ1v) is 7.50. The first-order chi connectivity index (χ1) is 8.70. The molecule has 0 saturated heterocycles. The first-order valence-electron chi connectivity index (χ1n) is 7.50. The third kappa shape index (κ3) is 2.42. The maximum Gasteiger partial charge on any atom is 0.226 e. The molecule has 3 rings (SSSR count). The van der Waals surface area contributed by atoms with Gasteiger partial charge >= 0.3 is 0 Å². The smallest absolute Gasteiger partial charge is 0.226 e. The van der Waals surface area contributed by atoms with Crippen molar-refractivity contribution in [2.24, 2.45) is 23.7 Å². The second-order valence-corrected chi connectivity index (χ2v) is 6.53. The number of methoxy groups -OCH3 is 1. The molecule has 3 saturated carbocycles. The van der Waals surface area contributed by atoms with Gasteiger partial charge in [-0.15, -0.1) is 0 Å². The quantitative estimate of drug-likeness (QED) is 0.725. The summed E-state index contributed by atoms with van der Waals surface area (Å²) in [5, 5.41) is 0. The first kappa shape index (κ1) is 12.5. The van der Waals surface area contributed by atoms with Crippen molar-refractivity contribution in [1.29, 1.82) is 0 Å². The Labute approximate surface area is 110 Å². The summed E-state index contributed by atoms with van der Waals surface area (Å²) in [4.78, 5) is 14.8. The number of carbonyl (C=O) groups excluding carboxylic acids is 1. The van der Waals surface area contributed by atoms with Crippen molar-refractivity contribution in [2.75, 3.05) is 20.3 Å². The molecule has 18 heavy (non-hydrogen) atoms. The molecule has 102 valence electrons. The molecule has 3 heteroatoms. The molecule has 0 bridgehead atoms. The number of fused-ring (bicyclic) bond motifs is 1. The Morgan fingerprint density at radius 1 is 1.28 bits per heavy atom. The molecule has 0 aliphatic heterocycles. The van der Waals surface area contributed by atoms with Crippen LogP contribution in [0.3, 0.4) is 0 Å². The molecule has 1 amide bonds. The fraction of sp³-hybridized carbons (Fsp3) is 0.933. The van der Waals surface area contributed by atoms with Gasteiger partial charge in [0, 0.05) is 25.6 Å². The standard InChI is InChI=1S/C15H25NO2/c1-10(11-3-4-11)16(5-6-18-2)15(17)14-8-12-7-13(12)9-14/h10-14H,3-9H2,1-2H3. The summed E-state index contributed by atoms with van der Waals surface area (Å²) >= 11 is 0. The van der Waals surface area contributed by atoms with Crippen molar-refractivity contribution in [1.82, 2.24) is 4.90 Å². The zero-order valence-corrected chi connectivity index (χ0v) is 11.6. The molecule has 0 aromatic carbocycles. The van der Waals surface area contributed by atoms with Gasteiger partial charge in [0.15, 0.2) is 0 Å². The zero-order chi connectivity index (χ0) is 12.7. The Kier molecular flexibility index (Phi) is 3.35. The van der Waals surface area contributed by atoms with E-state index >= 15 is 0 Å². The van der Waals surface area contributed by atoms with Crippen molar-refractivity contribution in [3.05, 3.63) is 0 Å². The van der Waals surface area contributed by atoms with Crippen LogP contribution in [0.4, 0.5) is 0 Å². The molecule has 0 aromatic rings. The van der Waals surface area contributed by atoms with Gasteiger partial charge in [0.25, 0.3) is 0 Å². The van der Waals surface area contributed by atoms with E-state index in [4.69, 9.17) is 4.74 Å². The summed E-state index contributed by atoms with van der Waals surface area (Å²) in [6, 6.07) is 0.421. The van der Waals surface area contributed by atoms with E-state index in [1.54, 1.807) is 7.11 Å². The van der Waals surface area contributed by atoms with E-state index in [0.717, 1.165) is 37.1 Å². The fourth-order valence-electron chi connectivity index (χ4n) is 3.69. The van der Waals surface area contributed by atoms with E-state index < -0.39 is 0 Å². The van der Waals surface area contributed by atoms with E-state index in [-0.39, 0.29) is 0 Å². The van der Waals surface area contributed by atoms with Gasteiger partial charge < -0.3 is 9.64 Å². The van der Waals surface area contributed by atoms with Crippen LogP contribution in [0.25, 0.3) is 0 Å². The normalized spacial score (nSPS) is 35.1. The highest BCUT2D eigenvalue weighted by molar-refractivity contribution is 5.79. The molecule has 3 atom stereocenters. The van der Waals surface area contributed by atoms with E-state index in [1.807, 2.05) is 0 Å². The SMILES string of the molecule is COCCN(C(=O)C1CC2CC2C1)C(C)C1CC1. The number of amides is 1. The molecular weight excluding hydrogens is 226 g/mol. The molecule has 0 aromatic heterocycles. The molecule has 3 fully saturated rings. The van der Waals surface area contributed by atoms with Gasteiger partial charge in [0.05, 0.1) is 6.61 Å². The van der Waals surface area contributed by atoms with Crippen LogP contribution in [-0.4, -0.2) is 37.1 Å². The average Bonchev–Trinajstić information content (AvgIpc) is 3.29. The van der Waals surface area contributed by atoms with Gasteiger partial charge in [-0.1, -0.05) is 0 Å². The van der Waals surface area contributed by atoms with Crippen molar-refractivity contribution in [3.63, 3.8) is 0 Å². The maximum absolute atomic E-state index is 12.7. The van der Waals surface area contributed by atoms with Gasteiger partial charge in [-0.25, -0.2) is 0 Å². The number of ether oxygens (including phenoxy) is 1. The Balaban J connectivity index is 1.60. The highest BCUT2D eigenvalue weighted by Crippen LogP contribution is 2.54. The zero-order valence-electron chi connectivity index (χ0n) is 11.6. The lowest BCUT2D eigenvalue weighted by molar-refractivity contribution is -0.139. The minimum absolute atomic E-state index is 0.326. The lowest BCUT2D eigenvalue weighted by atomic mass is 10.00. The van der Waals surface area contributed by atoms with Crippen LogP contribution in [-0.2, 0) is 9.53 Å². The van der Waals surface area contributed by atoms with Crippen molar-refractivity contribution in [3.8, 4) is 0 Å². The van der Waals surface area contributed by atoms with Crippen LogP contribution in [0.2, 0.25) is 0 Å². The number of hydrogen-bond donors (Lipinski definition) is 0. The van der Waals surface area contributed by atoms with Gasteiger partial charge in [-0.05, 0) is 56.8 Å². The Bertz CT molecular complexity index is 316. The number of carbonyl (C=O) groups is 1. The molecule has 0 N–H and O–H groups in total. The third-order valence-corrected chi connectivity index (χ3v) is 5.21. The van der Waals surface area contributed by atoms with Gasteiger partial charge in [-0.3, -0.25) is 4.79 Å². The minimum atomic E-state index is 0.326. The Morgan fingerprint density at radius 2 is 1.94 bits per heavy atom. The largest absolute Gasteiger partial charge is 0.383 e. The van der Waals surface area contributed by atoms with Crippen LogP contribution < -0.4 is 0 Å². The van der Waals surface area contributed by atoms with E-state index in [1.165, 1.54) is 19.3 Å². The maximum atomic E-state index is 12.7. The molecule has 3 aliphatic carbocycles. The Morgan fingerprint density at radius 3 is 2.50 bits per heavy atom. The topological polar surface area (TPSA) is 29.5 Å². The molecule has 3 aliphatic rings. The van der Waals surface area contributed by atoms with Crippen molar-refractivity contribution >= 4 is 5.91 Å². The van der Waals surface area contributed by atoms with Gasteiger partial charge in [0.2, 0.25) is 5.91 Å². The highest BCUT2D eigenvalue weighted by atomic mass is 16.5. The molecular formula is C15H25NO2. The highest BCUT2D eigenvalue weighted by Gasteiger charge is 2.49. The number of nitrogens with zero attached hydrogens (tertiary/aromatic N) is 1. The number of hydrogen-bond acceptors (Lipinski definition) is 2. The second-order valence-electron chi connectivity index (χ2n) is 6.53. The molecule has 3 nitrogen and oxygen atoms in total. The lowest BCUT2D eigenvalue weighted by Gasteiger charge is -2.32. The minimum Gasteiger partial charge on any atom is -0.383 e. The summed E-state index contributed by atoms with van der Waals surface area (Å²) in [6.45, 7) is 3.67. The van der Waals surface area contributed by atoms with Crippen LogP contribution >= 0.6 is 0 Å². The molecule has 0 spiro atoms. The predicted molar refractivity (Wildman–Crippen MR) is 70.1 cm³/mol. The van der Waals surface area contributed by atoms with E-state index in [2.05, 4.69) is 11.8 Å². The summed E-state index contributed by atoms with van der Waals surface area (Å²) in [5.74, 6) is 3.27. The third-order valence-electron chi connectivity index (χ3n) is 5.21. The van der Waals surface area contributed by atoms with Crippen molar-refractivity contribution in [2.45, 2.75) is 45.1 Å². The van der Waals surface area contributed by atoms with E-state index in [0.29, 0.717) is 24.5 Å². The van der Waals surface area contributed by atoms with E-state index in [9.17, 15) is 4.79 Å². The summed E-state index contributed by atoms with van der Waals surface area (Å²) in [5.41, 5.74) is 0. The monoisotopic (exact) mass is 251 g/mol. The molecule has 0 heterocycles. The molecule has 0 radical (unpaired) electrons. The van der Waals surface area contributed by atoms with Gasteiger partial charge in [-0.2, -0.15) is 0 Å². The Hall–Kier alpha value is -0.570. The predicted octanol–water partition coefficient (Wildman–Crippen LogP) is 2.31. The van der Waals surface area contributed by atoms with Crippen LogP contribution in [0.15, 0.2) is 0 Å². The lowest BCUT2D eigenvalue weighted by Crippen LogP contribution is -2.44. The van der Waals surface area contributed by atoms with Crippen LogP contribution in [0.5, 0.6) is 0 Å². The van der Waals surface area contributed by atoms with Crippen LogP contribution in [0.1, 0.15) is 39.0 Å². The average molecular weight is 251 g/mol. The summed E-state index contributed by atoms with van der Waals surface area (Å²) in [6.07, 6.45) is 6.30. The molecule has 3 unspecified atom stereocenters. The summed E-state index contributed by atoms with van der Waals surface area (Å²) < 4.78 is 5.17. The second kappa shape index (κ2) is 4.84. The van der Waals surface area contributed by atoms with Crippen molar-refractivity contribution < 1.29 is 9.53 Å². The van der Waals surface area contributed by atoms with Gasteiger partial charge in [0.1, 0.15) is 0 Å².